The number of hydrogen-bond donors (Lipinski definition) is 1. The Labute approximate surface area is 202 Å². The third-order valence-electron chi connectivity index (χ3n) is 6.44. The number of non-ortho nitro benzene ring substituents is 1. The number of aromatic hydroxyl groups is 1. The third-order valence-corrected chi connectivity index (χ3v) is 6.44. The van der Waals surface area contributed by atoms with Gasteiger partial charge in [-0.25, -0.2) is 0 Å². The summed E-state index contributed by atoms with van der Waals surface area (Å²) in [4.78, 5) is 40.3. The van der Waals surface area contributed by atoms with Crippen LogP contribution in [0.5, 0.6) is 5.75 Å². The first-order valence-corrected chi connectivity index (χ1v) is 11.7. The lowest BCUT2D eigenvalue weighted by Gasteiger charge is -2.42. The summed E-state index contributed by atoms with van der Waals surface area (Å²) >= 11 is 0. The Morgan fingerprint density at radius 1 is 1.11 bits per heavy atom. The smallest absolute Gasteiger partial charge is 0.269 e. The van der Waals surface area contributed by atoms with Crippen LogP contribution in [0.3, 0.4) is 0 Å². The molecule has 11 nitrogen and oxygen atoms in total. The largest absolute Gasteiger partial charge is 0.508 e. The molecule has 2 saturated heterocycles. The van der Waals surface area contributed by atoms with Crippen molar-refractivity contribution in [2.75, 3.05) is 26.2 Å². The van der Waals surface area contributed by atoms with Gasteiger partial charge in [-0.05, 0) is 49.6 Å². The normalized spacial score (nSPS) is 19.9. The lowest BCUT2D eigenvalue weighted by molar-refractivity contribution is -0.384. The van der Waals surface area contributed by atoms with Crippen molar-refractivity contribution in [3.63, 3.8) is 0 Å². The number of phenolic OH excluding ortho intramolecular Hbond substituents is 1. The van der Waals surface area contributed by atoms with Gasteiger partial charge in [0, 0.05) is 38.2 Å². The standard InChI is InChI=1S/C24H28N6O5/c1-2-27(26-25-18-7-9-19(10-8-18)30(34)35)14-15-29-22(16-17-5-11-20(31)12-6-17)24(33)28-13-3-4-21(28)23(29)32/h5-12,21-22,31H,2-4,13-16H2,1H3/t21-,22-/m0/s1. The summed E-state index contributed by atoms with van der Waals surface area (Å²) in [5, 5.41) is 30.5. The zero-order chi connectivity index (χ0) is 24.9. The number of benzene rings is 2. The fraction of sp³-hybridized carbons (Fsp3) is 0.417. The Hall–Kier alpha value is -4.02. The summed E-state index contributed by atoms with van der Waals surface area (Å²) in [5.74, 6) is 0.0539. The van der Waals surface area contributed by atoms with Crippen LogP contribution < -0.4 is 0 Å². The lowest BCUT2D eigenvalue weighted by Crippen LogP contribution is -2.64. The molecule has 2 fully saturated rings. The molecule has 0 spiro atoms. The van der Waals surface area contributed by atoms with E-state index in [2.05, 4.69) is 10.3 Å². The Morgan fingerprint density at radius 3 is 2.49 bits per heavy atom. The second-order valence-corrected chi connectivity index (χ2v) is 8.62. The van der Waals surface area contributed by atoms with Crippen molar-refractivity contribution in [3.05, 3.63) is 64.2 Å². The topological polar surface area (TPSA) is 132 Å². The Morgan fingerprint density at radius 2 is 1.83 bits per heavy atom. The molecule has 2 aliphatic rings. The highest BCUT2D eigenvalue weighted by Gasteiger charge is 2.47. The number of rotatable bonds is 9. The minimum atomic E-state index is -0.619. The molecule has 184 valence electrons. The number of likely N-dealkylation sites (N-methyl/N-ethyl adjacent to an activating group) is 1. The predicted octanol–water partition coefficient (Wildman–Crippen LogP) is 3.07. The van der Waals surface area contributed by atoms with Gasteiger partial charge in [0.25, 0.3) is 5.69 Å². The minimum Gasteiger partial charge on any atom is -0.508 e. The molecule has 2 atom stereocenters. The van der Waals surface area contributed by atoms with E-state index in [1.807, 2.05) is 6.92 Å². The van der Waals surface area contributed by atoms with Gasteiger partial charge >= 0.3 is 0 Å². The number of piperazine rings is 1. The van der Waals surface area contributed by atoms with E-state index >= 15 is 0 Å². The highest BCUT2D eigenvalue weighted by molar-refractivity contribution is 5.97. The molecule has 0 radical (unpaired) electrons. The quantitative estimate of drug-likeness (QED) is 0.333. The maximum Gasteiger partial charge on any atom is 0.269 e. The molecule has 11 heteroatoms. The van der Waals surface area contributed by atoms with Gasteiger partial charge in [-0.15, -0.1) is 5.11 Å². The molecule has 2 aliphatic heterocycles. The summed E-state index contributed by atoms with van der Waals surface area (Å²) in [5.41, 5.74) is 1.32. The van der Waals surface area contributed by atoms with E-state index in [-0.39, 0.29) is 23.3 Å². The van der Waals surface area contributed by atoms with Crippen LogP contribution in [-0.2, 0) is 16.0 Å². The van der Waals surface area contributed by atoms with Gasteiger partial charge < -0.3 is 14.9 Å². The molecule has 35 heavy (non-hydrogen) atoms. The number of nitrogens with zero attached hydrogens (tertiary/aromatic N) is 6. The Balaban J connectivity index is 1.47. The molecule has 2 heterocycles. The van der Waals surface area contributed by atoms with E-state index in [0.29, 0.717) is 44.7 Å². The number of carbonyl (C=O) groups is 2. The first kappa shape index (κ1) is 24.1. The average Bonchev–Trinajstić information content (AvgIpc) is 3.36. The fourth-order valence-electron chi connectivity index (χ4n) is 4.52. The lowest BCUT2D eigenvalue weighted by atomic mass is 9.98. The van der Waals surface area contributed by atoms with Gasteiger partial charge in [0.1, 0.15) is 17.8 Å². The monoisotopic (exact) mass is 480 g/mol. The highest BCUT2D eigenvalue weighted by Crippen LogP contribution is 2.29. The second kappa shape index (κ2) is 10.5. The van der Waals surface area contributed by atoms with Crippen LogP contribution in [0.1, 0.15) is 25.3 Å². The van der Waals surface area contributed by atoms with Crippen LogP contribution in [0.25, 0.3) is 0 Å². The highest BCUT2D eigenvalue weighted by atomic mass is 16.6. The summed E-state index contributed by atoms with van der Waals surface area (Å²) in [7, 11) is 0. The van der Waals surface area contributed by atoms with E-state index in [0.717, 1.165) is 12.0 Å². The molecular weight excluding hydrogens is 452 g/mol. The molecule has 0 bridgehead atoms. The minimum absolute atomic E-state index is 0.0230. The maximum atomic E-state index is 13.3. The number of hydrogen-bond acceptors (Lipinski definition) is 7. The van der Waals surface area contributed by atoms with Gasteiger partial charge in [-0.1, -0.05) is 17.4 Å². The fourth-order valence-corrected chi connectivity index (χ4v) is 4.52. The molecule has 1 N–H and O–H groups in total. The molecular formula is C24H28N6O5. The summed E-state index contributed by atoms with van der Waals surface area (Å²) in [6.07, 6.45) is 1.85. The van der Waals surface area contributed by atoms with Crippen molar-refractivity contribution in [2.45, 2.75) is 38.3 Å². The summed E-state index contributed by atoms with van der Waals surface area (Å²) < 4.78 is 0. The summed E-state index contributed by atoms with van der Waals surface area (Å²) in [6.45, 7) is 3.73. The number of nitro groups is 1. The third kappa shape index (κ3) is 5.39. The molecule has 0 saturated carbocycles. The molecule has 0 unspecified atom stereocenters. The van der Waals surface area contributed by atoms with E-state index in [1.165, 1.54) is 24.3 Å². The number of nitro benzene ring substituents is 1. The van der Waals surface area contributed by atoms with Crippen molar-refractivity contribution in [2.24, 2.45) is 10.3 Å². The van der Waals surface area contributed by atoms with Gasteiger partial charge in [-0.2, -0.15) is 0 Å². The van der Waals surface area contributed by atoms with Gasteiger partial charge in [0.15, 0.2) is 0 Å². The molecule has 2 aromatic rings. The van der Waals surface area contributed by atoms with Crippen molar-refractivity contribution in [1.82, 2.24) is 14.8 Å². The zero-order valence-corrected chi connectivity index (χ0v) is 19.5. The molecule has 0 aliphatic carbocycles. The SMILES string of the molecule is CCN(CCN1C(=O)[C@@H]2CCCN2C(=O)[C@@H]1Cc1ccc(O)cc1)N=Nc1ccc([N+](=O)[O-])cc1. The van der Waals surface area contributed by atoms with Crippen LogP contribution >= 0.6 is 0 Å². The van der Waals surface area contributed by atoms with Crippen molar-refractivity contribution >= 4 is 23.2 Å². The van der Waals surface area contributed by atoms with Gasteiger partial charge in [0.05, 0.1) is 17.2 Å². The summed E-state index contributed by atoms with van der Waals surface area (Å²) in [6, 6.07) is 11.4. The Kier molecular flexibility index (Phi) is 7.23. The van der Waals surface area contributed by atoms with Gasteiger partial charge in [0.2, 0.25) is 11.8 Å². The predicted molar refractivity (Wildman–Crippen MR) is 127 cm³/mol. The molecule has 0 aromatic heterocycles. The van der Waals surface area contributed by atoms with Crippen LogP contribution in [0, 0.1) is 10.1 Å². The first-order valence-electron chi connectivity index (χ1n) is 11.7. The number of amides is 2. The second-order valence-electron chi connectivity index (χ2n) is 8.62. The first-order chi connectivity index (χ1) is 16.9. The van der Waals surface area contributed by atoms with E-state index in [9.17, 15) is 24.8 Å². The van der Waals surface area contributed by atoms with Crippen LogP contribution in [-0.4, -0.2) is 74.9 Å². The van der Waals surface area contributed by atoms with Crippen molar-refractivity contribution in [3.8, 4) is 5.75 Å². The van der Waals surface area contributed by atoms with Crippen LogP contribution in [0.2, 0.25) is 0 Å². The maximum absolute atomic E-state index is 13.3. The van der Waals surface area contributed by atoms with Gasteiger partial charge in [-0.3, -0.25) is 24.7 Å². The van der Waals surface area contributed by atoms with E-state index < -0.39 is 17.0 Å². The molecule has 2 aromatic carbocycles. The van der Waals surface area contributed by atoms with Crippen molar-refractivity contribution in [1.29, 1.82) is 0 Å². The Bertz CT molecular complexity index is 1100. The number of carbonyl (C=O) groups excluding carboxylic acids is 2. The molecule has 2 amide bonds. The number of fused-ring (bicyclic) bond motifs is 1. The number of phenols is 1. The van der Waals surface area contributed by atoms with E-state index in [4.69, 9.17) is 0 Å². The van der Waals surface area contributed by atoms with E-state index in [1.54, 1.807) is 39.1 Å². The van der Waals surface area contributed by atoms with Crippen LogP contribution in [0.15, 0.2) is 58.9 Å². The average molecular weight is 481 g/mol. The molecule has 4 rings (SSSR count). The van der Waals surface area contributed by atoms with Crippen molar-refractivity contribution < 1.29 is 19.6 Å². The van der Waals surface area contributed by atoms with Crippen LogP contribution in [0.4, 0.5) is 11.4 Å². The zero-order valence-electron chi connectivity index (χ0n) is 19.5.